The fourth-order valence-corrected chi connectivity index (χ4v) is 5.24. The molecule has 2 amide bonds. The molecule has 1 saturated heterocycles. The summed E-state index contributed by atoms with van der Waals surface area (Å²) in [6.45, 7) is 4.48. The van der Waals surface area contributed by atoms with E-state index in [1.54, 1.807) is 0 Å². The third-order valence-corrected chi connectivity index (χ3v) is 7.07. The van der Waals surface area contributed by atoms with Gasteiger partial charge in [0.1, 0.15) is 5.75 Å². The van der Waals surface area contributed by atoms with Gasteiger partial charge in [0, 0.05) is 37.4 Å². The van der Waals surface area contributed by atoms with E-state index in [0.29, 0.717) is 11.8 Å². The smallest absolute Gasteiger partial charge is 0.258 e. The molecular formula is C28H37N3O3. The number of nitrogens with one attached hydrogen (secondary N) is 1. The zero-order valence-corrected chi connectivity index (χ0v) is 20.2. The molecule has 2 fully saturated rings. The first-order valence-electron chi connectivity index (χ1n) is 12.8. The summed E-state index contributed by atoms with van der Waals surface area (Å²) < 4.78 is 5.56. The number of benzene rings is 2. The van der Waals surface area contributed by atoms with E-state index in [9.17, 15) is 9.59 Å². The number of anilines is 1. The summed E-state index contributed by atoms with van der Waals surface area (Å²) in [5.41, 5.74) is 1.81. The van der Waals surface area contributed by atoms with Crippen LogP contribution < -0.4 is 15.0 Å². The number of carbonyl (C=O) groups is 2. The molecule has 34 heavy (non-hydrogen) atoms. The molecule has 0 atom stereocenters. The van der Waals surface area contributed by atoms with Gasteiger partial charge in [0.05, 0.1) is 5.56 Å². The van der Waals surface area contributed by atoms with Gasteiger partial charge in [0.2, 0.25) is 0 Å². The monoisotopic (exact) mass is 463 g/mol. The Morgan fingerprint density at radius 3 is 2.32 bits per heavy atom. The predicted molar refractivity (Wildman–Crippen MR) is 135 cm³/mol. The maximum atomic E-state index is 13.6. The van der Waals surface area contributed by atoms with Gasteiger partial charge >= 0.3 is 0 Å². The Kier molecular flexibility index (Phi) is 8.45. The molecule has 2 aromatic rings. The van der Waals surface area contributed by atoms with Gasteiger partial charge in [-0.15, -0.1) is 0 Å². The van der Waals surface area contributed by atoms with Gasteiger partial charge in [-0.05, 0) is 56.9 Å². The van der Waals surface area contributed by atoms with E-state index in [1.807, 2.05) is 48.5 Å². The first-order valence-corrected chi connectivity index (χ1v) is 12.8. The van der Waals surface area contributed by atoms with Gasteiger partial charge in [-0.2, -0.15) is 0 Å². The van der Waals surface area contributed by atoms with Crippen molar-refractivity contribution in [2.75, 3.05) is 31.1 Å². The molecule has 6 nitrogen and oxygen atoms in total. The Morgan fingerprint density at radius 1 is 0.941 bits per heavy atom. The van der Waals surface area contributed by atoms with E-state index >= 15 is 0 Å². The number of hydrogen-bond donors (Lipinski definition) is 1. The van der Waals surface area contributed by atoms with Crippen molar-refractivity contribution in [3.8, 4) is 5.75 Å². The van der Waals surface area contributed by atoms with Crippen molar-refractivity contribution < 1.29 is 14.3 Å². The van der Waals surface area contributed by atoms with Crippen LogP contribution in [0.3, 0.4) is 0 Å². The van der Waals surface area contributed by atoms with Crippen LogP contribution in [0.5, 0.6) is 5.75 Å². The van der Waals surface area contributed by atoms with Crippen LogP contribution in [0.1, 0.15) is 62.2 Å². The zero-order chi connectivity index (χ0) is 23.8. The van der Waals surface area contributed by atoms with Crippen LogP contribution in [-0.2, 0) is 4.79 Å². The summed E-state index contributed by atoms with van der Waals surface area (Å²) in [4.78, 5) is 30.3. The van der Waals surface area contributed by atoms with Crippen molar-refractivity contribution in [1.29, 1.82) is 0 Å². The third-order valence-electron chi connectivity index (χ3n) is 7.07. The lowest BCUT2D eigenvalue weighted by Crippen LogP contribution is -2.46. The highest BCUT2D eigenvalue weighted by Gasteiger charge is 2.29. The van der Waals surface area contributed by atoms with Crippen LogP contribution in [0.4, 0.5) is 5.69 Å². The van der Waals surface area contributed by atoms with Gasteiger partial charge in [-0.25, -0.2) is 0 Å². The van der Waals surface area contributed by atoms with Gasteiger partial charge in [0.15, 0.2) is 6.61 Å². The second kappa shape index (κ2) is 11.9. The Balaban J connectivity index is 1.32. The number of para-hydroxylation sites is 2. The zero-order valence-electron chi connectivity index (χ0n) is 20.2. The second-order valence-corrected chi connectivity index (χ2v) is 9.33. The van der Waals surface area contributed by atoms with E-state index in [1.165, 1.54) is 19.3 Å². The lowest BCUT2D eigenvalue weighted by atomic mass is 9.93. The molecule has 1 heterocycles. The highest BCUT2D eigenvalue weighted by atomic mass is 16.5. The van der Waals surface area contributed by atoms with Crippen molar-refractivity contribution in [2.45, 2.75) is 64.0 Å². The minimum atomic E-state index is -0.0936. The topological polar surface area (TPSA) is 61.9 Å². The second-order valence-electron chi connectivity index (χ2n) is 9.33. The van der Waals surface area contributed by atoms with E-state index in [4.69, 9.17) is 4.74 Å². The molecule has 6 heteroatoms. The largest absolute Gasteiger partial charge is 0.484 e. The van der Waals surface area contributed by atoms with Crippen LogP contribution in [0.2, 0.25) is 0 Å². The minimum Gasteiger partial charge on any atom is -0.484 e. The summed E-state index contributed by atoms with van der Waals surface area (Å²) in [5.74, 6) is 0.755. The molecule has 0 bridgehead atoms. The Hall–Kier alpha value is -3.02. The van der Waals surface area contributed by atoms with Crippen molar-refractivity contribution in [2.24, 2.45) is 0 Å². The fourth-order valence-electron chi connectivity index (χ4n) is 5.24. The minimum absolute atomic E-state index is 0.0234. The maximum absolute atomic E-state index is 13.6. The molecule has 0 unspecified atom stereocenters. The quantitative estimate of drug-likeness (QED) is 0.619. The average Bonchev–Trinajstić information content (AvgIpc) is 2.89. The molecule has 2 aliphatic rings. The first kappa shape index (κ1) is 24.1. The molecular weight excluding hydrogens is 426 g/mol. The van der Waals surface area contributed by atoms with Crippen LogP contribution in [0.25, 0.3) is 0 Å². The molecule has 1 aliphatic heterocycles. The van der Waals surface area contributed by atoms with Crippen LogP contribution in [0, 0.1) is 0 Å². The van der Waals surface area contributed by atoms with Crippen molar-refractivity contribution >= 4 is 17.5 Å². The number of ether oxygens (including phenoxy) is 1. The molecule has 1 N–H and O–H groups in total. The first-order chi connectivity index (χ1) is 16.7. The summed E-state index contributed by atoms with van der Waals surface area (Å²) in [7, 11) is 0. The molecule has 2 aromatic carbocycles. The van der Waals surface area contributed by atoms with E-state index in [2.05, 4.69) is 28.1 Å². The van der Waals surface area contributed by atoms with Gasteiger partial charge in [-0.1, -0.05) is 49.6 Å². The number of piperidine rings is 1. The van der Waals surface area contributed by atoms with Crippen molar-refractivity contribution in [1.82, 2.24) is 10.2 Å². The number of amides is 2. The lowest BCUT2D eigenvalue weighted by Gasteiger charge is -2.37. The van der Waals surface area contributed by atoms with Crippen LogP contribution in [0.15, 0.2) is 54.6 Å². The fraction of sp³-hybridized carbons (Fsp3) is 0.500. The normalized spacial score (nSPS) is 17.3. The standard InChI is InChI=1S/C28H37N3O3/c1-2-31(23-11-5-3-6-12-23)28(33)25-15-9-10-16-26(25)30-19-17-22(18-20-30)29-27(32)21-34-24-13-7-4-8-14-24/h4,7-10,13-16,22-23H,2-3,5-6,11-12,17-21H2,1H3,(H,29,32). The van der Waals surface area contributed by atoms with Gasteiger partial charge in [0.25, 0.3) is 11.8 Å². The number of nitrogens with zero attached hydrogens (tertiary/aromatic N) is 2. The SMILES string of the molecule is CCN(C(=O)c1ccccc1N1CCC(NC(=O)COc2ccccc2)CC1)C1CCCCC1. The van der Waals surface area contributed by atoms with E-state index in [-0.39, 0.29) is 24.5 Å². The number of carbonyl (C=O) groups excluding carboxylic acids is 2. The van der Waals surface area contributed by atoms with E-state index < -0.39 is 0 Å². The van der Waals surface area contributed by atoms with Gasteiger partial charge < -0.3 is 19.9 Å². The molecule has 182 valence electrons. The van der Waals surface area contributed by atoms with Crippen LogP contribution in [-0.4, -0.2) is 55.0 Å². The van der Waals surface area contributed by atoms with Crippen molar-refractivity contribution in [3.63, 3.8) is 0 Å². The average molecular weight is 464 g/mol. The molecule has 0 aromatic heterocycles. The van der Waals surface area contributed by atoms with E-state index in [0.717, 1.165) is 56.6 Å². The summed E-state index contributed by atoms with van der Waals surface area (Å²) in [6, 6.07) is 17.9. The number of hydrogen-bond acceptors (Lipinski definition) is 4. The molecule has 1 aliphatic carbocycles. The predicted octanol–water partition coefficient (Wildman–Crippen LogP) is 4.65. The summed E-state index contributed by atoms with van der Waals surface area (Å²) in [5, 5.41) is 3.10. The van der Waals surface area contributed by atoms with Gasteiger partial charge in [-0.3, -0.25) is 9.59 Å². The molecule has 0 spiro atoms. The summed E-state index contributed by atoms with van der Waals surface area (Å²) >= 11 is 0. The lowest BCUT2D eigenvalue weighted by molar-refractivity contribution is -0.123. The maximum Gasteiger partial charge on any atom is 0.258 e. The highest BCUT2D eigenvalue weighted by Crippen LogP contribution is 2.29. The molecule has 1 saturated carbocycles. The number of rotatable bonds is 8. The third kappa shape index (κ3) is 6.10. The Morgan fingerprint density at radius 2 is 1.62 bits per heavy atom. The highest BCUT2D eigenvalue weighted by molar-refractivity contribution is 6.00. The Bertz CT molecular complexity index is 935. The molecule has 4 rings (SSSR count). The Labute approximate surface area is 203 Å². The molecule has 0 radical (unpaired) electrons. The van der Waals surface area contributed by atoms with Crippen LogP contribution >= 0.6 is 0 Å². The summed E-state index contributed by atoms with van der Waals surface area (Å²) in [6.07, 6.45) is 7.63. The van der Waals surface area contributed by atoms with Crippen molar-refractivity contribution in [3.05, 3.63) is 60.2 Å².